The van der Waals surface area contributed by atoms with Crippen LogP contribution in [0.5, 0.6) is 0 Å². The van der Waals surface area contributed by atoms with Gasteiger partial charge in [0.2, 0.25) is 11.7 Å². The first-order valence-corrected chi connectivity index (χ1v) is 8.59. The molecule has 128 valence electrons. The van der Waals surface area contributed by atoms with Crippen molar-refractivity contribution in [3.05, 3.63) is 29.3 Å². The zero-order chi connectivity index (χ0) is 16.8. The summed E-state index contributed by atoms with van der Waals surface area (Å²) in [5, 5.41) is 19.1. The maximum Gasteiger partial charge on any atom is 0.243 e. The van der Waals surface area contributed by atoms with Gasteiger partial charge in [0.1, 0.15) is 6.54 Å². The number of benzene rings is 1. The molecule has 2 aromatic rings. The normalized spacial score (nSPS) is 17.6. The molecule has 0 bridgehead atoms. The van der Waals surface area contributed by atoms with E-state index in [2.05, 4.69) is 26.0 Å². The Bertz CT molecular complexity index is 665. The highest BCUT2D eigenvalue weighted by atomic mass is 35.5. The minimum absolute atomic E-state index is 0.0729. The van der Waals surface area contributed by atoms with Crippen LogP contribution in [0.15, 0.2) is 24.3 Å². The molecule has 2 heterocycles. The van der Waals surface area contributed by atoms with Crippen molar-refractivity contribution < 1.29 is 4.79 Å². The van der Waals surface area contributed by atoms with Gasteiger partial charge in [0.25, 0.3) is 0 Å². The summed E-state index contributed by atoms with van der Waals surface area (Å²) in [5.74, 6) is 1.03. The van der Waals surface area contributed by atoms with E-state index < -0.39 is 0 Å². The molecule has 24 heavy (non-hydrogen) atoms. The van der Waals surface area contributed by atoms with Crippen LogP contribution in [0, 0.1) is 5.92 Å². The third-order valence-electron chi connectivity index (χ3n) is 4.11. The Balaban J connectivity index is 1.45. The second-order valence-electron chi connectivity index (χ2n) is 6.00. The molecule has 1 saturated heterocycles. The Labute approximate surface area is 145 Å². The van der Waals surface area contributed by atoms with Crippen LogP contribution in [0.2, 0.25) is 5.02 Å². The van der Waals surface area contributed by atoms with Crippen LogP contribution in [0.4, 0.5) is 0 Å². The van der Waals surface area contributed by atoms with Crippen molar-refractivity contribution in [1.29, 1.82) is 0 Å². The maximum atomic E-state index is 12.0. The van der Waals surface area contributed by atoms with E-state index in [-0.39, 0.29) is 12.5 Å². The summed E-state index contributed by atoms with van der Waals surface area (Å²) in [6.45, 7) is 2.91. The number of rotatable bonds is 6. The summed E-state index contributed by atoms with van der Waals surface area (Å²) in [7, 11) is 0. The number of amides is 1. The molecule has 1 aliphatic heterocycles. The van der Waals surface area contributed by atoms with Gasteiger partial charge in [-0.25, -0.2) is 0 Å². The van der Waals surface area contributed by atoms with Crippen LogP contribution in [0.25, 0.3) is 11.4 Å². The number of hydrogen-bond acceptors (Lipinski definition) is 5. The third-order valence-corrected chi connectivity index (χ3v) is 4.37. The number of nitrogens with one attached hydrogen (secondary N) is 2. The van der Waals surface area contributed by atoms with Crippen LogP contribution in [0.3, 0.4) is 0 Å². The van der Waals surface area contributed by atoms with E-state index in [4.69, 9.17) is 11.6 Å². The number of aromatic nitrogens is 4. The highest BCUT2D eigenvalue weighted by molar-refractivity contribution is 6.30. The molecule has 1 unspecified atom stereocenters. The molecule has 1 amide bonds. The maximum absolute atomic E-state index is 12.0. The van der Waals surface area contributed by atoms with Crippen LogP contribution in [-0.2, 0) is 11.3 Å². The fourth-order valence-electron chi connectivity index (χ4n) is 2.80. The van der Waals surface area contributed by atoms with Gasteiger partial charge >= 0.3 is 0 Å². The number of hydrogen-bond donors (Lipinski definition) is 2. The second kappa shape index (κ2) is 8.21. The van der Waals surface area contributed by atoms with Gasteiger partial charge in [0.05, 0.1) is 0 Å². The zero-order valence-corrected chi connectivity index (χ0v) is 14.2. The summed E-state index contributed by atoms with van der Waals surface area (Å²) in [4.78, 5) is 13.3. The quantitative estimate of drug-likeness (QED) is 0.826. The number of piperidine rings is 1. The minimum Gasteiger partial charge on any atom is -0.354 e. The molecule has 1 aromatic carbocycles. The lowest BCUT2D eigenvalue weighted by molar-refractivity contribution is -0.122. The fraction of sp³-hybridized carbons (Fsp3) is 0.500. The standard InChI is InChI=1S/C16H21ClN6O/c17-14-5-3-13(4-6-14)16-20-22-23(21-16)11-15(24)19-9-7-12-2-1-8-18-10-12/h3-6,12,18H,1-2,7-11H2,(H,19,24). The number of nitrogens with zero attached hydrogens (tertiary/aromatic N) is 4. The van der Waals surface area contributed by atoms with Gasteiger partial charge in [-0.2, -0.15) is 4.80 Å². The largest absolute Gasteiger partial charge is 0.354 e. The van der Waals surface area contributed by atoms with E-state index in [1.165, 1.54) is 17.6 Å². The predicted molar refractivity (Wildman–Crippen MR) is 91.5 cm³/mol. The van der Waals surface area contributed by atoms with Gasteiger partial charge < -0.3 is 10.6 Å². The summed E-state index contributed by atoms with van der Waals surface area (Å²) in [6, 6.07) is 7.18. The van der Waals surface area contributed by atoms with Crippen molar-refractivity contribution in [2.45, 2.75) is 25.8 Å². The molecule has 8 heteroatoms. The molecule has 0 spiro atoms. The molecule has 7 nitrogen and oxygen atoms in total. The van der Waals surface area contributed by atoms with Crippen molar-refractivity contribution >= 4 is 17.5 Å². The third kappa shape index (κ3) is 4.75. The molecule has 0 saturated carbocycles. The van der Waals surface area contributed by atoms with E-state index in [0.717, 1.165) is 25.1 Å². The highest BCUT2D eigenvalue weighted by Gasteiger charge is 2.13. The Hall–Kier alpha value is -1.99. The van der Waals surface area contributed by atoms with E-state index in [1.807, 2.05) is 12.1 Å². The van der Waals surface area contributed by atoms with E-state index in [0.29, 0.717) is 23.3 Å². The van der Waals surface area contributed by atoms with Gasteiger partial charge in [-0.3, -0.25) is 4.79 Å². The highest BCUT2D eigenvalue weighted by Crippen LogP contribution is 2.17. The van der Waals surface area contributed by atoms with Crippen molar-refractivity contribution in [3.8, 4) is 11.4 Å². The lowest BCUT2D eigenvalue weighted by atomic mass is 9.96. The Morgan fingerprint density at radius 1 is 1.38 bits per heavy atom. The summed E-state index contributed by atoms with van der Waals surface area (Å²) >= 11 is 5.86. The van der Waals surface area contributed by atoms with Crippen LogP contribution >= 0.6 is 11.6 Å². The Morgan fingerprint density at radius 3 is 2.96 bits per heavy atom. The van der Waals surface area contributed by atoms with Crippen molar-refractivity contribution in [2.24, 2.45) is 5.92 Å². The summed E-state index contributed by atoms with van der Waals surface area (Å²) in [5.41, 5.74) is 0.816. The van der Waals surface area contributed by atoms with Crippen LogP contribution in [-0.4, -0.2) is 45.7 Å². The molecular weight excluding hydrogens is 328 g/mol. The minimum atomic E-state index is -0.0983. The first kappa shape index (κ1) is 16.9. The number of halogens is 1. The van der Waals surface area contributed by atoms with Crippen molar-refractivity contribution in [1.82, 2.24) is 30.8 Å². The number of carbonyl (C=O) groups excluding carboxylic acids is 1. The molecule has 1 aromatic heterocycles. The zero-order valence-electron chi connectivity index (χ0n) is 13.4. The summed E-state index contributed by atoms with van der Waals surface area (Å²) in [6.07, 6.45) is 3.45. The molecule has 2 N–H and O–H groups in total. The molecule has 3 rings (SSSR count). The Morgan fingerprint density at radius 2 is 2.21 bits per heavy atom. The topological polar surface area (TPSA) is 84.7 Å². The molecule has 1 atom stereocenters. The van der Waals surface area contributed by atoms with Gasteiger partial charge in [0, 0.05) is 17.1 Å². The monoisotopic (exact) mass is 348 g/mol. The average molecular weight is 349 g/mol. The first-order valence-electron chi connectivity index (χ1n) is 8.22. The lowest BCUT2D eigenvalue weighted by Crippen LogP contribution is -2.34. The van der Waals surface area contributed by atoms with Crippen molar-refractivity contribution in [2.75, 3.05) is 19.6 Å². The van der Waals surface area contributed by atoms with Gasteiger partial charge in [0.15, 0.2) is 0 Å². The second-order valence-corrected chi connectivity index (χ2v) is 6.44. The average Bonchev–Trinajstić information content (AvgIpc) is 3.05. The molecular formula is C16H21ClN6O. The molecule has 1 aliphatic rings. The molecule has 0 radical (unpaired) electrons. The van der Waals surface area contributed by atoms with E-state index in [9.17, 15) is 4.79 Å². The van der Waals surface area contributed by atoms with Crippen molar-refractivity contribution in [3.63, 3.8) is 0 Å². The van der Waals surface area contributed by atoms with Gasteiger partial charge in [-0.05, 0) is 67.7 Å². The fourth-order valence-corrected chi connectivity index (χ4v) is 2.92. The number of tetrazole rings is 1. The van der Waals surface area contributed by atoms with E-state index in [1.54, 1.807) is 12.1 Å². The van der Waals surface area contributed by atoms with Gasteiger partial charge in [-0.15, -0.1) is 10.2 Å². The number of carbonyl (C=O) groups is 1. The molecule has 0 aliphatic carbocycles. The SMILES string of the molecule is O=C(Cn1nnc(-c2ccc(Cl)cc2)n1)NCCC1CCCNC1. The Kier molecular flexibility index (Phi) is 5.77. The smallest absolute Gasteiger partial charge is 0.243 e. The first-order chi connectivity index (χ1) is 11.7. The van der Waals surface area contributed by atoms with Crippen LogP contribution < -0.4 is 10.6 Å². The molecule has 1 fully saturated rings. The van der Waals surface area contributed by atoms with Crippen LogP contribution in [0.1, 0.15) is 19.3 Å². The lowest BCUT2D eigenvalue weighted by Gasteiger charge is -2.22. The van der Waals surface area contributed by atoms with E-state index >= 15 is 0 Å². The van der Waals surface area contributed by atoms with Gasteiger partial charge in [-0.1, -0.05) is 11.6 Å². The summed E-state index contributed by atoms with van der Waals surface area (Å²) < 4.78 is 0. The predicted octanol–water partition coefficient (Wildman–Crippen LogP) is 1.50.